The molecule has 14 heavy (non-hydrogen) atoms. The monoisotopic (exact) mass is 193 g/mol. The number of hydrogen-bond acceptors (Lipinski definition) is 2. The molecule has 2 nitrogen and oxygen atoms in total. The molecule has 1 aromatic carbocycles. The van der Waals surface area contributed by atoms with Gasteiger partial charge in [-0.1, -0.05) is 24.3 Å². The van der Waals surface area contributed by atoms with Gasteiger partial charge in [0.2, 0.25) is 0 Å². The Bertz CT molecular complexity index is 260. The summed E-state index contributed by atoms with van der Waals surface area (Å²) in [7, 11) is 0. The van der Waals surface area contributed by atoms with Crippen molar-refractivity contribution in [3.63, 3.8) is 0 Å². The topological polar surface area (TPSA) is 35.2 Å². The van der Waals surface area contributed by atoms with Crippen LogP contribution in [0.4, 0.5) is 0 Å². The van der Waals surface area contributed by atoms with Crippen molar-refractivity contribution in [1.29, 1.82) is 0 Å². The summed E-state index contributed by atoms with van der Waals surface area (Å²) in [5.74, 6) is 0. The molecule has 0 bridgehead atoms. The molecule has 78 valence electrons. The highest BCUT2D eigenvalue weighted by atomic mass is 16.5. The molecule has 0 aliphatic rings. The lowest BCUT2D eigenvalue weighted by Gasteiger charge is -2.03. The van der Waals surface area contributed by atoms with E-state index in [1.807, 2.05) is 6.92 Å². The van der Waals surface area contributed by atoms with E-state index in [1.54, 1.807) is 0 Å². The molecule has 0 amide bonds. The lowest BCUT2D eigenvalue weighted by molar-refractivity contribution is 0.145. The second-order valence-corrected chi connectivity index (χ2v) is 3.32. The van der Waals surface area contributed by atoms with Crippen LogP contribution in [-0.2, 0) is 17.7 Å². The van der Waals surface area contributed by atoms with Crippen LogP contribution in [0.2, 0.25) is 0 Å². The summed E-state index contributed by atoms with van der Waals surface area (Å²) in [4.78, 5) is 0. The Balaban J connectivity index is 2.34. The SMILES string of the molecule is CCOCCCc1cccc(CN)c1. The van der Waals surface area contributed by atoms with Gasteiger partial charge in [-0.05, 0) is 30.9 Å². The molecule has 0 unspecified atom stereocenters. The molecule has 0 aliphatic heterocycles. The largest absolute Gasteiger partial charge is 0.382 e. The molecule has 0 spiro atoms. The summed E-state index contributed by atoms with van der Waals surface area (Å²) >= 11 is 0. The van der Waals surface area contributed by atoms with Crippen LogP contribution in [0.15, 0.2) is 24.3 Å². The van der Waals surface area contributed by atoms with E-state index in [9.17, 15) is 0 Å². The van der Waals surface area contributed by atoms with E-state index in [-0.39, 0.29) is 0 Å². The zero-order chi connectivity index (χ0) is 10.2. The average molecular weight is 193 g/mol. The van der Waals surface area contributed by atoms with Gasteiger partial charge in [0.25, 0.3) is 0 Å². The van der Waals surface area contributed by atoms with Crippen LogP contribution in [0.3, 0.4) is 0 Å². The third kappa shape index (κ3) is 3.90. The summed E-state index contributed by atoms with van der Waals surface area (Å²) in [5, 5.41) is 0. The number of benzene rings is 1. The van der Waals surface area contributed by atoms with Gasteiger partial charge in [0.05, 0.1) is 0 Å². The fourth-order valence-corrected chi connectivity index (χ4v) is 1.43. The first-order valence-electron chi connectivity index (χ1n) is 5.22. The third-order valence-corrected chi connectivity index (χ3v) is 2.19. The standard InChI is InChI=1S/C12H19NO/c1-2-14-8-4-7-11-5-3-6-12(9-11)10-13/h3,5-6,9H,2,4,7-8,10,13H2,1H3. The van der Waals surface area contributed by atoms with Crippen LogP contribution < -0.4 is 5.73 Å². The second-order valence-electron chi connectivity index (χ2n) is 3.32. The van der Waals surface area contributed by atoms with Crippen molar-refractivity contribution in [1.82, 2.24) is 0 Å². The third-order valence-electron chi connectivity index (χ3n) is 2.19. The zero-order valence-electron chi connectivity index (χ0n) is 8.83. The number of hydrogen-bond donors (Lipinski definition) is 1. The van der Waals surface area contributed by atoms with Gasteiger partial charge in [0, 0.05) is 19.8 Å². The minimum Gasteiger partial charge on any atom is -0.382 e. The van der Waals surface area contributed by atoms with E-state index in [0.29, 0.717) is 6.54 Å². The van der Waals surface area contributed by atoms with Crippen molar-refractivity contribution in [3.8, 4) is 0 Å². The van der Waals surface area contributed by atoms with E-state index in [1.165, 1.54) is 11.1 Å². The summed E-state index contributed by atoms with van der Waals surface area (Å²) in [6.07, 6.45) is 2.16. The van der Waals surface area contributed by atoms with Crippen molar-refractivity contribution < 1.29 is 4.74 Å². The molecule has 1 aromatic rings. The smallest absolute Gasteiger partial charge is 0.0469 e. The van der Waals surface area contributed by atoms with Gasteiger partial charge in [0.1, 0.15) is 0 Å². The van der Waals surface area contributed by atoms with E-state index in [4.69, 9.17) is 10.5 Å². The van der Waals surface area contributed by atoms with Crippen molar-refractivity contribution in [3.05, 3.63) is 35.4 Å². The van der Waals surface area contributed by atoms with E-state index in [2.05, 4.69) is 24.3 Å². The first-order valence-corrected chi connectivity index (χ1v) is 5.22. The molecule has 0 heterocycles. The highest BCUT2D eigenvalue weighted by Gasteiger charge is 1.94. The fraction of sp³-hybridized carbons (Fsp3) is 0.500. The summed E-state index contributed by atoms with van der Waals surface area (Å²) in [6.45, 7) is 4.31. The Kier molecular flexibility index (Phi) is 5.27. The second kappa shape index (κ2) is 6.57. The normalized spacial score (nSPS) is 10.4. The maximum Gasteiger partial charge on any atom is 0.0469 e. The molecule has 0 saturated heterocycles. The van der Waals surface area contributed by atoms with Gasteiger partial charge in [-0.3, -0.25) is 0 Å². The van der Waals surface area contributed by atoms with Crippen LogP contribution in [-0.4, -0.2) is 13.2 Å². The molecule has 0 atom stereocenters. The zero-order valence-corrected chi connectivity index (χ0v) is 8.83. The van der Waals surface area contributed by atoms with Crippen LogP contribution >= 0.6 is 0 Å². The van der Waals surface area contributed by atoms with Gasteiger partial charge in [-0.2, -0.15) is 0 Å². The molecule has 2 N–H and O–H groups in total. The van der Waals surface area contributed by atoms with Crippen LogP contribution in [0.25, 0.3) is 0 Å². The van der Waals surface area contributed by atoms with Gasteiger partial charge < -0.3 is 10.5 Å². The Morgan fingerprint density at radius 3 is 2.79 bits per heavy atom. The van der Waals surface area contributed by atoms with Crippen molar-refractivity contribution in [2.75, 3.05) is 13.2 Å². The molecule has 0 aliphatic carbocycles. The highest BCUT2D eigenvalue weighted by Crippen LogP contribution is 2.07. The number of ether oxygens (including phenoxy) is 1. The molecular formula is C12H19NO. The number of rotatable bonds is 6. The van der Waals surface area contributed by atoms with Crippen molar-refractivity contribution in [2.24, 2.45) is 5.73 Å². The quantitative estimate of drug-likeness (QED) is 0.702. The minimum atomic E-state index is 0.624. The molecule has 0 saturated carbocycles. The molecule has 0 radical (unpaired) electrons. The Hall–Kier alpha value is -0.860. The van der Waals surface area contributed by atoms with Gasteiger partial charge in [-0.25, -0.2) is 0 Å². The summed E-state index contributed by atoms with van der Waals surface area (Å²) in [5.41, 5.74) is 8.13. The summed E-state index contributed by atoms with van der Waals surface area (Å²) < 4.78 is 5.29. The highest BCUT2D eigenvalue weighted by molar-refractivity contribution is 5.23. The number of nitrogens with two attached hydrogens (primary N) is 1. The van der Waals surface area contributed by atoms with Gasteiger partial charge in [-0.15, -0.1) is 0 Å². The van der Waals surface area contributed by atoms with Crippen LogP contribution in [0.5, 0.6) is 0 Å². The van der Waals surface area contributed by atoms with Gasteiger partial charge in [0.15, 0.2) is 0 Å². The molecular weight excluding hydrogens is 174 g/mol. The maximum atomic E-state index is 5.57. The van der Waals surface area contributed by atoms with Crippen LogP contribution in [0, 0.1) is 0 Å². The minimum absolute atomic E-state index is 0.624. The van der Waals surface area contributed by atoms with Crippen LogP contribution in [0.1, 0.15) is 24.5 Å². The van der Waals surface area contributed by atoms with E-state index < -0.39 is 0 Å². The van der Waals surface area contributed by atoms with Gasteiger partial charge >= 0.3 is 0 Å². The molecule has 1 rings (SSSR count). The average Bonchev–Trinajstić information content (AvgIpc) is 2.25. The first-order chi connectivity index (χ1) is 6.86. The maximum absolute atomic E-state index is 5.57. The molecule has 2 heteroatoms. The molecule has 0 aromatic heterocycles. The Morgan fingerprint density at radius 1 is 1.29 bits per heavy atom. The predicted octanol–water partition coefficient (Wildman–Crippen LogP) is 2.11. The lowest BCUT2D eigenvalue weighted by Crippen LogP contribution is -1.99. The van der Waals surface area contributed by atoms with E-state index >= 15 is 0 Å². The Labute approximate surface area is 86.1 Å². The molecule has 0 fully saturated rings. The number of aryl methyl sites for hydroxylation is 1. The Morgan fingerprint density at radius 2 is 2.07 bits per heavy atom. The van der Waals surface area contributed by atoms with Crippen molar-refractivity contribution in [2.45, 2.75) is 26.3 Å². The van der Waals surface area contributed by atoms with Crippen molar-refractivity contribution >= 4 is 0 Å². The summed E-state index contributed by atoms with van der Waals surface area (Å²) in [6, 6.07) is 8.45. The first kappa shape index (κ1) is 11.2. The lowest BCUT2D eigenvalue weighted by atomic mass is 10.1. The van der Waals surface area contributed by atoms with E-state index in [0.717, 1.165) is 26.1 Å². The fourth-order valence-electron chi connectivity index (χ4n) is 1.43. The predicted molar refractivity (Wildman–Crippen MR) is 59.1 cm³/mol.